The molecule has 0 aromatic heterocycles. The molecule has 8 heteroatoms. The summed E-state index contributed by atoms with van der Waals surface area (Å²) in [5, 5.41) is 3.16. The number of hydrogen-bond acceptors (Lipinski definition) is 5. The van der Waals surface area contributed by atoms with Crippen LogP contribution in [0, 0.1) is 11.7 Å². The van der Waals surface area contributed by atoms with E-state index in [0.717, 1.165) is 12.1 Å². The summed E-state index contributed by atoms with van der Waals surface area (Å²) >= 11 is 0. The predicted molar refractivity (Wildman–Crippen MR) is 79.5 cm³/mol. The van der Waals surface area contributed by atoms with Gasteiger partial charge in [-0.3, -0.25) is 5.43 Å². The van der Waals surface area contributed by atoms with Gasteiger partial charge in [0.2, 0.25) is 10.0 Å². The summed E-state index contributed by atoms with van der Waals surface area (Å²) in [7, 11) is -1.76. The number of hydrogen-bond donors (Lipinski definition) is 4. The van der Waals surface area contributed by atoms with Crippen LogP contribution in [0.4, 0.5) is 4.39 Å². The van der Waals surface area contributed by atoms with Crippen molar-refractivity contribution in [2.75, 3.05) is 32.4 Å². The zero-order chi connectivity index (χ0) is 15.3. The minimum absolute atomic E-state index is 0.0539. The van der Waals surface area contributed by atoms with E-state index in [-0.39, 0.29) is 23.5 Å². The minimum Gasteiger partial charge on any atom is -0.315 e. The Hall–Kier alpha value is -1.06. The highest BCUT2D eigenvalue weighted by Crippen LogP contribution is 2.24. The maximum atomic E-state index is 13.0. The van der Waals surface area contributed by atoms with Crippen LogP contribution in [-0.4, -0.2) is 40.9 Å². The molecule has 1 fully saturated rings. The van der Waals surface area contributed by atoms with Gasteiger partial charge in [-0.2, -0.15) is 0 Å². The normalized spacial score (nSPS) is 22.6. The first kappa shape index (κ1) is 16.3. The molecule has 21 heavy (non-hydrogen) atoms. The summed E-state index contributed by atoms with van der Waals surface area (Å²) in [4.78, 5) is 0. The fourth-order valence-electron chi connectivity index (χ4n) is 2.35. The van der Waals surface area contributed by atoms with Crippen molar-refractivity contribution in [2.45, 2.75) is 6.04 Å². The van der Waals surface area contributed by atoms with Crippen molar-refractivity contribution in [2.24, 2.45) is 5.92 Å². The average molecular weight is 316 g/mol. The Kier molecular flexibility index (Phi) is 5.65. The van der Waals surface area contributed by atoms with Gasteiger partial charge < -0.3 is 5.32 Å². The molecule has 1 aliphatic heterocycles. The Bertz CT molecular complexity index is 550. The molecule has 4 N–H and O–H groups in total. The van der Waals surface area contributed by atoms with Crippen LogP contribution in [0.1, 0.15) is 11.6 Å². The Labute approximate surface area is 124 Å². The van der Waals surface area contributed by atoms with Gasteiger partial charge in [0, 0.05) is 25.6 Å². The standard InChI is InChI=1S/C13H21FN4O2S/c1-15-21(19,20)7-6-16-8-11-9-17-18-13(11)10-2-4-12(14)5-3-10/h2-5,11,13,15-18H,6-9H2,1H3. The third-order valence-electron chi connectivity index (χ3n) is 3.59. The Morgan fingerprint density at radius 3 is 2.71 bits per heavy atom. The fourth-order valence-corrected chi connectivity index (χ4v) is 2.96. The van der Waals surface area contributed by atoms with Gasteiger partial charge >= 0.3 is 0 Å². The van der Waals surface area contributed by atoms with Gasteiger partial charge in [-0.25, -0.2) is 23.0 Å². The molecule has 1 heterocycles. The van der Waals surface area contributed by atoms with E-state index in [2.05, 4.69) is 20.9 Å². The lowest BCUT2D eigenvalue weighted by molar-refractivity contribution is 0.446. The lowest BCUT2D eigenvalue weighted by Crippen LogP contribution is -2.34. The largest absolute Gasteiger partial charge is 0.315 e. The van der Waals surface area contributed by atoms with Crippen LogP contribution in [0.15, 0.2) is 24.3 Å². The SMILES string of the molecule is CNS(=O)(=O)CCNCC1CNNC1c1ccc(F)cc1. The lowest BCUT2D eigenvalue weighted by atomic mass is 9.95. The van der Waals surface area contributed by atoms with Crippen molar-refractivity contribution in [3.8, 4) is 0 Å². The smallest absolute Gasteiger partial charge is 0.212 e. The van der Waals surface area contributed by atoms with E-state index in [1.54, 1.807) is 12.1 Å². The van der Waals surface area contributed by atoms with E-state index in [9.17, 15) is 12.8 Å². The van der Waals surface area contributed by atoms with Gasteiger partial charge in [0.25, 0.3) is 0 Å². The maximum absolute atomic E-state index is 13.0. The van der Waals surface area contributed by atoms with Crippen LogP contribution >= 0.6 is 0 Å². The maximum Gasteiger partial charge on any atom is 0.212 e. The first-order valence-electron chi connectivity index (χ1n) is 6.87. The summed E-state index contributed by atoms with van der Waals surface area (Å²) in [5.74, 6) is 0.0718. The number of benzene rings is 1. The highest BCUT2D eigenvalue weighted by molar-refractivity contribution is 7.89. The van der Waals surface area contributed by atoms with Crippen LogP contribution in [-0.2, 0) is 10.0 Å². The Morgan fingerprint density at radius 1 is 1.33 bits per heavy atom. The second-order valence-electron chi connectivity index (χ2n) is 5.04. The van der Waals surface area contributed by atoms with E-state index < -0.39 is 10.0 Å². The molecule has 1 aromatic rings. The van der Waals surface area contributed by atoms with Gasteiger partial charge in [0.15, 0.2) is 0 Å². The first-order chi connectivity index (χ1) is 10.0. The van der Waals surface area contributed by atoms with Crippen molar-refractivity contribution in [3.63, 3.8) is 0 Å². The molecule has 2 unspecified atom stereocenters. The second kappa shape index (κ2) is 7.28. The second-order valence-corrected chi connectivity index (χ2v) is 7.09. The van der Waals surface area contributed by atoms with Crippen LogP contribution in [0.5, 0.6) is 0 Å². The van der Waals surface area contributed by atoms with Crippen molar-refractivity contribution >= 4 is 10.0 Å². The molecule has 0 amide bonds. The zero-order valence-electron chi connectivity index (χ0n) is 11.9. The number of rotatable bonds is 7. The van der Waals surface area contributed by atoms with E-state index in [1.807, 2.05) is 0 Å². The number of hydrazine groups is 1. The van der Waals surface area contributed by atoms with Gasteiger partial charge in [-0.1, -0.05) is 12.1 Å². The molecule has 0 bridgehead atoms. The van der Waals surface area contributed by atoms with E-state index in [1.165, 1.54) is 19.2 Å². The molecule has 0 radical (unpaired) electrons. The van der Waals surface area contributed by atoms with E-state index >= 15 is 0 Å². The zero-order valence-corrected chi connectivity index (χ0v) is 12.7. The molecule has 2 atom stereocenters. The van der Waals surface area contributed by atoms with Crippen molar-refractivity contribution in [1.29, 1.82) is 0 Å². The lowest BCUT2D eigenvalue weighted by Gasteiger charge is -2.19. The summed E-state index contributed by atoms with van der Waals surface area (Å²) in [5.41, 5.74) is 7.27. The number of sulfonamides is 1. The summed E-state index contributed by atoms with van der Waals surface area (Å²) < 4.78 is 37.8. The average Bonchev–Trinajstić information content (AvgIpc) is 2.93. The molecule has 1 aromatic carbocycles. The molecule has 6 nitrogen and oxygen atoms in total. The highest BCUT2D eigenvalue weighted by atomic mass is 32.2. The number of halogens is 1. The number of nitrogens with one attached hydrogen (secondary N) is 4. The third kappa shape index (κ3) is 4.72. The quantitative estimate of drug-likeness (QED) is 0.521. The summed E-state index contributed by atoms with van der Waals surface area (Å²) in [6.45, 7) is 1.85. The van der Waals surface area contributed by atoms with Crippen molar-refractivity contribution in [3.05, 3.63) is 35.6 Å². The molecule has 0 spiro atoms. The van der Waals surface area contributed by atoms with Crippen molar-refractivity contribution in [1.82, 2.24) is 20.9 Å². The van der Waals surface area contributed by atoms with Gasteiger partial charge in [0.1, 0.15) is 5.82 Å². The molecular formula is C13H21FN4O2S. The summed E-state index contributed by atoms with van der Waals surface area (Å²) in [6, 6.07) is 6.49. The van der Waals surface area contributed by atoms with Crippen LogP contribution in [0.3, 0.4) is 0 Å². The van der Waals surface area contributed by atoms with Gasteiger partial charge in [0.05, 0.1) is 11.8 Å². The molecule has 0 saturated carbocycles. The molecule has 1 saturated heterocycles. The summed E-state index contributed by atoms with van der Waals surface area (Å²) in [6.07, 6.45) is 0. The van der Waals surface area contributed by atoms with Crippen molar-refractivity contribution < 1.29 is 12.8 Å². The monoisotopic (exact) mass is 316 g/mol. The molecule has 118 valence electrons. The van der Waals surface area contributed by atoms with Gasteiger partial charge in [-0.15, -0.1) is 0 Å². The Balaban J connectivity index is 1.84. The first-order valence-corrected chi connectivity index (χ1v) is 8.53. The molecule has 1 aliphatic rings. The van der Waals surface area contributed by atoms with Gasteiger partial charge in [-0.05, 0) is 24.7 Å². The molecule has 0 aliphatic carbocycles. The Morgan fingerprint density at radius 2 is 2.05 bits per heavy atom. The minimum atomic E-state index is -3.17. The van der Waals surface area contributed by atoms with Crippen LogP contribution < -0.4 is 20.9 Å². The van der Waals surface area contributed by atoms with Crippen LogP contribution in [0.25, 0.3) is 0 Å². The fraction of sp³-hybridized carbons (Fsp3) is 0.538. The van der Waals surface area contributed by atoms with E-state index in [0.29, 0.717) is 13.1 Å². The third-order valence-corrected chi connectivity index (χ3v) is 4.95. The molecule has 2 rings (SSSR count). The topological polar surface area (TPSA) is 82.3 Å². The van der Waals surface area contributed by atoms with Crippen LogP contribution in [0.2, 0.25) is 0 Å². The predicted octanol–water partition coefficient (Wildman–Crippen LogP) is -0.270. The highest BCUT2D eigenvalue weighted by Gasteiger charge is 2.27. The van der Waals surface area contributed by atoms with E-state index in [4.69, 9.17) is 0 Å². The molecular weight excluding hydrogens is 295 g/mol.